The van der Waals surface area contributed by atoms with Crippen LogP contribution in [0.5, 0.6) is 0 Å². The molecule has 0 bridgehead atoms. The molecule has 3 rings (SSSR count). The van der Waals surface area contributed by atoms with E-state index in [1.165, 1.54) is 6.26 Å². The van der Waals surface area contributed by atoms with Crippen LogP contribution in [-0.4, -0.2) is 32.7 Å². The molecule has 0 saturated carbocycles. The maximum absolute atomic E-state index is 10.8. The topological polar surface area (TPSA) is 92.6 Å². The molecule has 7 heteroatoms. The fourth-order valence-corrected chi connectivity index (χ4v) is 2.53. The van der Waals surface area contributed by atoms with Gasteiger partial charge in [-0.25, -0.2) is 9.78 Å². The Balaban J connectivity index is 1.73. The predicted octanol–water partition coefficient (Wildman–Crippen LogP) is 2.01. The molecule has 0 spiro atoms. The van der Waals surface area contributed by atoms with Crippen molar-refractivity contribution in [2.24, 2.45) is 0 Å². The number of carbonyl (C=O) groups is 1. The van der Waals surface area contributed by atoms with Crippen LogP contribution in [-0.2, 0) is 6.54 Å². The van der Waals surface area contributed by atoms with Crippen molar-refractivity contribution >= 4 is 5.97 Å². The van der Waals surface area contributed by atoms with Crippen molar-refractivity contribution in [2.45, 2.75) is 32.4 Å². The lowest BCUT2D eigenvalue weighted by Gasteiger charge is -2.20. The van der Waals surface area contributed by atoms with Gasteiger partial charge < -0.3 is 14.0 Å². The Bertz CT molecular complexity index is 619. The smallest absolute Gasteiger partial charge is 0.357 e. The predicted molar refractivity (Wildman–Crippen MR) is 67.1 cm³/mol. The van der Waals surface area contributed by atoms with Crippen molar-refractivity contribution < 1.29 is 18.8 Å². The SMILES string of the molecule is Cc1cc(C2CCCN2Cc2nc(C(=O)O)co2)on1. The van der Waals surface area contributed by atoms with Crippen LogP contribution in [0.4, 0.5) is 0 Å². The summed E-state index contributed by atoms with van der Waals surface area (Å²) in [4.78, 5) is 16.9. The van der Waals surface area contributed by atoms with Gasteiger partial charge in [-0.3, -0.25) is 4.90 Å². The van der Waals surface area contributed by atoms with Crippen LogP contribution in [0.1, 0.15) is 46.7 Å². The lowest BCUT2D eigenvalue weighted by Crippen LogP contribution is -2.22. The molecule has 0 radical (unpaired) electrons. The molecule has 1 aliphatic heterocycles. The van der Waals surface area contributed by atoms with E-state index in [0.29, 0.717) is 12.4 Å². The molecule has 1 unspecified atom stereocenters. The lowest BCUT2D eigenvalue weighted by molar-refractivity contribution is 0.0690. The number of nitrogens with zero attached hydrogens (tertiary/aromatic N) is 3. The summed E-state index contributed by atoms with van der Waals surface area (Å²) in [6.45, 7) is 3.26. The van der Waals surface area contributed by atoms with Gasteiger partial charge in [0.05, 0.1) is 18.3 Å². The Labute approximate surface area is 115 Å². The van der Waals surface area contributed by atoms with Crippen molar-refractivity contribution in [1.82, 2.24) is 15.0 Å². The Hall–Kier alpha value is -2.15. The molecule has 0 aromatic carbocycles. The van der Waals surface area contributed by atoms with Crippen LogP contribution in [0.15, 0.2) is 21.3 Å². The summed E-state index contributed by atoms with van der Waals surface area (Å²) < 4.78 is 10.5. The second kappa shape index (κ2) is 5.09. The number of carboxylic acids is 1. The van der Waals surface area contributed by atoms with Gasteiger partial charge in [0.25, 0.3) is 0 Å². The number of oxazole rings is 1. The maximum atomic E-state index is 10.8. The molecule has 0 aliphatic carbocycles. The molecule has 1 saturated heterocycles. The van der Waals surface area contributed by atoms with Gasteiger partial charge in [-0.15, -0.1) is 0 Å². The van der Waals surface area contributed by atoms with Crippen LogP contribution in [0.3, 0.4) is 0 Å². The number of hydrogen-bond donors (Lipinski definition) is 1. The van der Waals surface area contributed by atoms with Crippen LogP contribution in [0.2, 0.25) is 0 Å². The monoisotopic (exact) mass is 277 g/mol. The average molecular weight is 277 g/mol. The fourth-order valence-electron chi connectivity index (χ4n) is 2.53. The summed E-state index contributed by atoms with van der Waals surface area (Å²) in [7, 11) is 0. The molecule has 106 valence electrons. The van der Waals surface area contributed by atoms with E-state index >= 15 is 0 Å². The largest absolute Gasteiger partial charge is 0.476 e. The number of aromatic carboxylic acids is 1. The van der Waals surface area contributed by atoms with Gasteiger partial charge in [0, 0.05) is 6.07 Å². The van der Waals surface area contributed by atoms with Gasteiger partial charge in [0.15, 0.2) is 11.5 Å². The second-order valence-corrected chi connectivity index (χ2v) is 4.93. The first-order valence-corrected chi connectivity index (χ1v) is 6.48. The highest BCUT2D eigenvalue weighted by molar-refractivity contribution is 5.84. The van der Waals surface area contributed by atoms with Gasteiger partial charge in [0.1, 0.15) is 6.26 Å². The number of aromatic nitrogens is 2. The fraction of sp³-hybridized carbons (Fsp3) is 0.462. The Kier molecular flexibility index (Phi) is 3.27. The average Bonchev–Trinajstić information content (AvgIpc) is 3.09. The van der Waals surface area contributed by atoms with Crippen LogP contribution < -0.4 is 0 Å². The summed E-state index contributed by atoms with van der Waals surface area (Å²) in [5, 5.41) is 12.7. The highest BCUT2D eigenvalue weighted by Gasteiger charge is 2.30. The number of carboxylic acid groups (broad SMARTS) is 1. The van der Waals surface area contributed by atoms with Crippen molar-refractivity contribution in [2.75, 3.05) is 6.54 Å². The van der Waals surface area contributed by atoms with E-state index in [4.69, 9.17) is 14.0 Å². The highest BCUT2D eigenvalue weighted by atomic mass is 16.5. The molecule has 20 heavy (non-hydrogen) atoms. The molecule has 2 aromatic heterocycles. The summed E-state index contributed by atoms with van der Waals surface area (Å²) in [5.41, 5.74) is 0.794. The molecular weight excluding hydrogens is 262 g/mol. The van der Waals surface area contributed by atoms with Gasteiger partial charge in [-0.2, -0.15) is 0 Å². The summed E-state index contributed by atoms with van der Waals surface area (Å²) in [5.74, 6) is 0.166. The first-order chi connectivity index (χ1) is 9.63. The number of likely N-dealkylation sites (tertiary alicyclic amines) is 1. The van der Waals surface area contributed by atoms with Crippen LogP contribution in [0, 0.1) is 6.92 Å². The van der Waals surface area contributed by atoms with Gasteiger partial charge >= 0.3 is 5.97 Å². The summed E-state index contributed by atoms with van der Waals surface area (Å²) in [6.07, 6.45) is 3.21. The van der Waals surface area contributed by atoms with E-state index in [2.05, 4.69) is 15.0 Å². The van der Waals surface area contributed by atoms with Gasteiger partial charge in [0.2, 0.25) is 5.89 Å². The van der Waals surface area contributed by atoms with Crippen molar-refractivity contribution in [3.8, 4) is 0 Å². The zero-order chi connectivity index (χ0) is 14.1. The second-order valence-electron chi connectivity index (χ2n) is 4.93. The Morgan fingerprint density at radius 3 is 3.10 bits per heavy atom. The molecule has 1 fully saturated rings. The van der Waals surface area contributed by atoms with E-state index in [1.807, 2.05) is 13.0 Å². The normalized spacial score (nSPS) is 19.6. The summed E-state index contributed by atoms with van der Waals surface area (Å²) in [6, 6.07) is 2.08. The maximum Gasteiger partial charge on any atom is 0.357 e. The number of hydrogen-bond acceptors (Lipinski definition) is 6. The highest BCUT2D eigenvalue weighted by Crippen LogP contribution is 2.33. The van der Waals surface area contributed by atoms with E-state index in [1.54, 1.807) is 0 Å². The van der Waals surface area contributed by atoms with Crippen LogP contribution in [0.25, 0.3) is 0 Å². The van der Waals surface area contributed by atoms with Crippen molar-refractivity contribution in [3.05, 3.63) is 35.4 Å². The zero-order valence-corrected chi connectivity index (χ0v) is 11.1. The van der Waals surface area contributed by atoms with E-state index in [-0.39, 0.29) is 11.7 Å². The molecule has 1 atom stereocenters. The molecule has 3 heterocycles. The first kappa shape index (κ1) is 12.9. The van der Waals surface area contributed by atoms with E-state index in [0.717, 1.165) is 30.8 Å². The zero-order valence-electron chi connectivity index (χ0n) is 11.1. The molecule has 1 N–H and O–H groups in total. The minimum absolute atomic E-state index is 0.0637. The van der Waals surface area contributed by atoms with Gasteiger partial charge in [-0.05, 0) is 26.3 Å². The third-order valence-electron chi connectivity index (χ3n) is 3.45. The van der Waals surface area contributed by atoms with E-state index < -0.39 is 5.97 Å². The Morgan fingerprint density at radius 2 is 2.45 bits per heavy atom. The minimum atomic E-state index is -1.08. The summed E-state index contributed by atoms with van der Waals surface area (Å²) >= 11 is 0. The minimum Gasteiger partial charge on any atom is -0.476 e. The third-order valence-corrected chi connectivity index (χ3v) is 3.45. The number of aryl methyl sites for hydroxylation is 1. The quantitative estimate of drug-likeness (QED) is 0.913. The standard InChI is InChI=1S/C13H15N3O4/c1-8-5-11(20-15-8)10-3-2-4-16(10)6-12-14-9(7-19-12)13(17)18/h5,7,10H,2-4,6H2,1H3,(H,17,18). The number of rotatable bonds is 4. The van der Waals surface area contributed by atoms with Crippen LogP contribution >= 0.6 is 0 Å². The van der Waals surface area contributed by atoms with Crippen molar-refractivity contribution in [3.63, 3.8) is 0 Å². The Morgan fingerprint density at radius 1 is 1.60 bits per heavy atom. The lowest BCUT2D eigenvalue weighted by atomic mass is 10.1. The molecule has 0 amide bonds. The first-order valence-electron chi connectivity index (χ1n) is 6.48. The van der Waals surface area contributed by atoms with Gasteiger partial charge in [-0.1, -0.05) is 5.16 Å². The van der Waals surface area contributed by atoms with Crippen molar-refractivity contribution in [1.29, 1.82) is 0 Å². The molecule has 2 aromatic rings. The molecule has 7 nitrogen and oxygen atoms in total. The molecule has 1 aliphatic rings. The third kappa shape index (κ3) is 2.44. The van der Waals surface area contributed by atoms with E-state index in [9.17, 15) is 4.79 Å². The molecular formula is C13H15N3O4.